The van der Waals surface area contributed by atoms with Gasteiger partial charge in [0.2, 0.25) is 5.91 Å². The Kier molecular flexibility index (Phi) is 2.75. The van der Waals surface area contributed by atoms with E-state index in [1.54, 1.807) is 0 Å². The third-order valence-electron chi connectivity index (χ3n) is 3.09. The fraction of sp³-hybridized carbons (Fsp3) is 0.889. The van der Waals surface area contributed by atoms with Gasteiger partial charge < -0.3 is 4.90 Å². The molecule has 2 aliphatic rings. The molecular formula is C9H14ClNOS. The molecule has 2 aliphatic heterocycles. The minimum atomic E-state index is 0.107. The van der Waals surface area contributed by atoms with E-state index in [4.69, 9.17) is 11.6 Å². The van der Waals surface area contributed by atoms with Crippen LogP contribution in [-0.2, 0) is 4.79 Å². The summed E-state index contributed by atoms with van der Waals surface area (Å²) in [7, 11) is 0. The first-order valence-electron chi connectivity index (χ1n) is 4.67. The predicted molar refractivity (Wildman–Crippen MR) is 56.3 cm³/mol. The van der Waals surface area contributed by atoms with Crippen molar-refractivity contribution in [2.75, 3.05) is 30.5 Å². The topological polar surface area (TPSA) is 20.3 Å². The van der Waals surface area contributed by atoms with E-state index in [9.17, 15) is 4.79 Å². The van der Waals surface area contributed by atoms with Gasteiger partial charge in [-0.3, -0.25) is 4.79 Å². The molecule has 13 heavy (non-hydrogen) atoms. The monoisotopic (exact) mass is 219 g/mol. The van der Waals surface area contributed by atoms with Crippen molar-refractivity contribution in [1.29, 1.82) is 0 Å². The molecule has 1 atom stereocenters. The molecule has 0 saturated carbocycles. The average Bonchev–Trinajstić information content (AvgIpc) is 2.76. The maximum atomic E-state index is 11.3. The van der Waals surface area contributed by atoms with E-state index >= 15 is 0 Å². The maximum absolute atomic E-state index is 11.3. The largest absolute Gasteiger partial charge is 0.341 e. The van der Waals surface area contributed by atoms with Gasteiger partial charge in [0.05, 0.1) is 0 Å². The van der Waals surface area contributed by atoms with Crippen molar-refractivity contribution in [2.45, 2.75) is 12.8 Å². The lowest BCUT2D eigenvalue weighted by Gasteiger charge is -2.22. The summed E-state index contributed by atoms with van der Waals surface area (Å²) in [5, 5.41) is 0. The lowest BCUT2D eigenvalue weighted by Crippen LogP contribution is -2.32. The van der Waals surface area contributed by atoms with E-state index in [-0.39, 0.29) is 11.8 Å². The summed E-state index contributed by atoms with van der Waals surface area (Å²) in [6.07, 6.45) is 2.46. The molecule has 2 saturated heterocycles. The summed E-state index contributed by atoms with van der Waals surface area (Å²) in [4.78, 5) is 13.3. The van der Waals surface area contributed by atoms with Crippen molar-refractivity contribution < 1.29 is 4.79 Å². The Morgan fingerprint density at radius 1 is 1.54 bits per heavy atom. The minimum Gasteiger partial charge on any atom is -0.341 e. The predicted octanol–water partition coefficient (Wildman–Crippen LogP) is 1.58. The molecule has 0 aromatic heterocycles. The third kappa shape index (κ3) is 1.82. The number of thioether (sulfide) groups is 1. The normalized spacial score (nSPS) is 33.2. The number of rotatable bonds is 1. The lowest BCUT2D eigenvalue weighted by atomic mass is 9.87. The second-order valence-corrected chi connectivity index (χ2v) is 5.37. The number of nitrogens with zero attached hydrogens (tertiary/aromatic N) is 1. The van der Waals surface area contributed by atoms with Gasteiger partial charge in [-0.2, -0.15) is 11.8 Å². The molecule has 0 aliphatic carbocycles. The van der Waals surface area contributed by atoms with Gasteiger partial charge in [-0.25, -0.2) is 0 Å². The number of likely N-dealkylation sites (tertiary alicyclic amines) is 1. The number of amides is 1. The van der Waals surface area contributed by atoms with Crippen molar-refractivity contribution in [1.82, 2.24) is 4.90 Å². The quantitative estimate of drug-likeness (QED) is 0.625. The molecule has 2 fully saturated rings. The van der Waals surface area contributed by atoms with Crippen molar-refractivity contribution in [3.63, 3.8) is 0 Å². The molecule has 0 N–H and O–H groups in total. The van der Waals surface area contributed by atoms with Gasteiger partial charge in [-0.1, -0.05) is 0 Å². The van der Waals surface area contributed by atoms with Crippen LogP contribution in [-0.4, -0.2) is 41.3 Å². The van der Waals surface area contributed by atoms with E-state index in [1.807, 2.05) is 16.7 Å². The molecule has 1 amide bonds. The summed E-state index contributed by atoms with van der Waals surface area (Å²) in [5.74, 6) is 2.75. The van der Waals surface area contributed by atoms with Crippen LogP contribution in [0, 0.1) is 5.41 Å². The summed E-state index contributed by atoms with van der Waals surface area (Å²) in [6, 6.07) is 0. The first kappa shape index (κ1) is 9.66. The number of carbonyl (C=O) groups excluding carboxylic acids is 1. The van der Waals surface area contributed by atoms with Crippen LogP contribution in [0.15, 0.2) is 0 Å². The van der Waals surface area contributed by atoms with Crippen molar-refractivity contribution in [3.8, 4) is 0 Å². The Hall–Kier alpha value is 0.110. The van der Waals surface area contributed by atoms with Crippen LogP contribution >= 0.6 is 23.4 Å². The molecule has 0 aromatic carbocycles. The first-order chi connectivity index (χ1) is 6.26. The van der Waals surface area contributed by atoms with E-state index in [0.717, 1.165) is 13.1 Å². The zero-order valence-electron chi connectivity index (χ0n) is 7.59. The molecule has 0 radical (unpaired) electrons. The second-order valence-electron chi connectivity index (χ2n) is 4.00. The summed E-state index contributed by atoms with van der Waals surface area (Å²) < 4.78 is 0. The van der Waals surface area contributed by atoms with Crippen LogP contribution in [0.3, 0.4) is 0 Å². The zero-order chi connectivity index (χ0) is 9.31. The van der Waals surface area contributed by atoms with Gasteiger partial charge in [0.1, 0.15) is 5.88 Å². The Labute approximate surface area is 88.0 Å². The molecule has 0 bridgehead atoms. The van der Waals surface area contributed by atoms with Gasteiger partial charge in [0.15, 0.2) is 0 Å². The summed E-state index contributed by atoms with van der Waals surface area (Å²) in [5.41, 5.74) is 0.451. The molecule has 2 rings (SSSR count). The number of carbonyl (C=O) groups is 1. The fourth-order valence-electron chi connectivity index (χ4n) is 2.20. The van der Waals surface area contributed by atoms with Gasteiger partial charge in [-0.05, 0) is 24.0 Å². The van der Waals surface area contributed by atoms with E-state index in [0.29, 0.717) is 5.41 Å². The van der Waals surface area contributed by atoms with Crippen LogP contribution in [0.5, 0.6) is 0 Å². The van der Waals surface area contributed by atoms with Gasteiger partial charge in [0, 0.05) is 18.8 Å². The van der Waals surface area contributed by atoms with E-state index < -0.39 is 0 Å². The highest BCUT2D eigenvalue weighted by molar-refractivity contribution is 7.99. The minimum absolute atomic E-state index is 0.107. The van der Waals surface area contributed by atoms with Crippen molar-refractivity contribution >= 4 is 29.3 Å². The second kappa shape index (κ2) is 3.70. The lowest BCUT2D eigenvalue weighted by molar-refractivity contribution is -0.127. The number of hydrogen-bond acceptors (Lipinski definition) is 2. The smallest absolute Gasteiger partial charge is 0.237 e. The summed E-state index contributed by atoms with van der Waals surface area (Å²) >= 11 is 7.55. The van der Waals surface area contributed by atoms with Crippen LogP contribution in [0.1, 0.15) is 12.8 Å². The van der Waals surface area contributed by atoms with E-state index in [1.165, 1.54) is 24.3 Å². The van der Waals surface area contributed by atoms with Gasteiger partial charge in [0.25, 0.3) is 0 Å². The fourth-order valence-corrected chi connectivity index (χ4v) is 3.91. The highest BCUT2D eigenvalue weighted by atomic mass is 35.5. The molecular weight excluding hydrogens is 206 g/mol. The van der Waals surface area contributed by atoms with Crippen LogP contribution in [0.4, 0.5) is 0 Å². The number of hydrogen-bond donors (Lipinski definition) is 0. The Balaban J connectivity index is 1.96. The van der Waals surface area contributed by atoms with Gasteiger partial charge >= 0.3 is 0 Å². The SMILES string of the molecule is O=C(CCl)N1CC[C@]2(CCSC2)C1. The Morgan fingerprint density at radius 3 is 3.00 bits per heavy atom. The molecule has 2 nitrogen and oxygen atoms in total. The molecule has 2 heterocycles. The molecule has 0 unspecified atom stereocenters. The summed E-state index contributed by atoms with van der Waals surface area (Å²) in [6.45, 7) is 1.87. The number of alkyl halides is 1. The van der Waals surface area contributed by atoms with E-state index in [2.05, 4.69) is 0 Å². The maximum Gasteiger partial charge on any atom is 0.237 e. The molecule has 0 aromatic rings. The molecule has 4 heteroatoms. The molecule has 1 spiro atoms. The standard InChI is InChI=1S/C9H14ClNOS/c10-5-8(12)11-3-1-9(6-11)2-4-13-7-9/h1-7H2/t9-/m0/s1. The zero-order valence-corrected chi connectivity index (χ0v) is 9.16. The highest BCUT2D eigenvalue weighted by Crippen LogP contribution is 2.43. The number of halogens is 1. The van der Waals surface area contributed by atoms with Crippen LogP contribution in [0.2, 0.25) is 0 Å². The van der Waals surface area contributed by atoms with Crippen molar-refractivity contribution in [3.05, 3.63) is 0 Å². The van der Waals surface area contributed by atoms with Crippen LogP contribution < -0.4 is 0 Å². The molecule has 74 valence electrons. The van der Waals surface area contributed by atoms with Crippen LogP contribution in [0.25, 0.3) is 0 Å². The Morgan fingerprint density at radius 2 is 2.38 bits per heavy atom. The highest BCUT2D eigenvalue weighted by Gasteiger charge is 2.41. The van der Waals surface area contributed by atoms with Crippen molar-refractivity contribution in [2.24, 2.45) is 5.41 Å². The van der Waals surface area contributed by atoms with Gasteiger partial charge in [-0.15, -0.1) is 11.6 Å². The Bertz CT molecular complexity index is 216. The average molecular weight is 220 g/mol. The first-order valence-corrected chi connectivity index (χ1v) is 6.36. The third-order valence-corrected chi connectivity index (χ3v) is 4.63.